The van der Waals surface area contributed by atoms with Gasteiger partial charge in [-0.05, 0) is 24.0 Å². The molecule has 5 heteroatoms. The highest BCUT2D eigenvalue weighted by atomic mass is 32.2. The number of nitrogens with zero attached hydrogens (tertiary/aromatic N) is 2. The van der Waals surface area contributed by atoms with E-state index in [4.69, 9.17) is 0 Å². The van der Waals surface area contributed by atoms with Crippen molar-refractivity contribution in [1.82, 2.24) is 9.55 Å². The Morgan fingerprint density at radius 1 is 1.03 bits per heavy atom. The molecule has 0 radical (unpaired) electrons. The summed E-state index contributed by atoms with van der Waals surface area (Å²) < 4.78 is 1.87. The predicted molar refractivity (Wildman–Crippen MR) is 121 cm³/mol. The Morgan fingerprint density at radius 2 is 1.66 bits per heavy atom. The van der Waals surface area contributed by atoms with Gasteiger partial charge in [-0.2, -0.15) is 0 Å². The second-order valence-electron chi connectivity index (χ2n) is 7.79. The summed E-state index contributed by atoms with van der Waals surface area (Å²) >= 11 is 1.31. The monoisotopic (exact) mass is 416 g/mol. The zero-order valence-corrected chi connectivity index (χ0v) is 18.8. The molecule has 2 aromatic rings. The molecule has 0 bridgehead atoms. The molecule has 0 spiro atoms. The number of hydrogen-bond donors (Lipinski definition) is 1. The Hall–Kier alpha value is -1.75. The molecule has 0 saturated carbocycles. The van der Waals surface area contributed by atoms with E-state index in [-0.39, 0.29) is 0 Å². The van der Waals surface area contributed by atoms with Crippen molar-refractivity contribution in [2.24, 2.45) is 7.05 Å². The molecule has 1 unspecified atom stereocenters. The molecule has 1 N–H and O–H groups in total. The molecule has 1 aromatic heterocycles. The number of carboxylic acid groups (broad SMARTS) is 1. The second kappa shape index (κ2) is 13.5. The minimum Gasteiger partial charge on any atom is -0.480 e. The van der Waals surface area contributed by atoms with Crippen LogP contribution in [0.2, 0.25) is 0 Å². The van der Waals surface area contributed by atoms with Crippen LogP contribution in [-0.2, 0) is 18.3 Å². The van der Waals surface area contributed by atoms with Crippen molar-refractivity contribution < 1.29 is 9.90 Å². The lowest BCUT2D eigenvalue weighted by Gasteiger charge is -2.16. The van der Waals surface area contributed by atoms with Gasteiger partial charge in [0.2, 0.25) is 0 Å². The standard InChI is InChI=1S/C24H36N2O2S/c1-3-4-5-6-7-8-9-10-11-12-15-20-16-13-14-17-21(20)22(23(27)28)29-24-25-18-19-26(24)2/h13-14,16-19,22H,3-12,15H2,1-2H3,(H,27,28). The lowest BCUT2D eigenvalue weighted by Crippen LogP contribution is -2.11. The zero-order valence-electron chi connectivity index (χ0n) is 18.0. The minimum atomic E-state index is -0.812. The summed E-state index contributed by atoms with van der Waals surface area (Å²) in [5, 5.41) is 9.93. The summed E-state index contributed by atoms with van der Waals surface area (Å²) in [5.74, 6) is -0.812. The van der Waals surface area contributed by atoms with Crippen molar-refractivity contribution in [3.63, 3.8) is 0 Å². The summed E-state index contributed by atoms with van der Waals surface area (Å²) in [6.07, 6.45) is 17.6. The number of hydrogen-bond acceptors (Lipinski definition) is 3. The van der Waals surface area contributed by atoms with Gasteiger partial charge in [0.1, 0.15) is 5.25 Å². The van der Waals surface area contributed by atoms with E-state index in [2.05, 4.69) is 18.0 Å². The van der Waals surface area contributed by atoms with Crippen molar-refractivity contribution in [3.05, 3.63) is 47.8 Å². The van der Waals surface area contributed by atoms with Crippen LogP contribution in [0.25, 0.3) is 0 Å². The highest BCUT2D eigenvalue weighted by Gasteiger charge is 2.25. The highest BCUT2D eigenvalue weighted by molar-refractivity contribution is 8.00. The SMILES string of the molecule is CCCCCCCCCCCCc1ccccc1C(Sc1nccn1C)C(=O)O. The van der Waals surface area contributed by atoms with Crippen LogP contribution in [0.15, 0.2) is 41.8 Å². The number of aliphatic carboxylic acids is 1. The summed E-state index contributed by atoms with van der Waals surface area (Å²) in [4.78, 5) is 16.3. The van der Waals surface area contributed by atoms with Gasteiger partial charge in [-0.3, -0.25) is 4.79 Å². The van der Waals surface area contributed by atoms with Gasteiger partial charge in [0.25, 0.3) is 0 Å². The number of rotatable bonds is 15. The summed E-state index contributed by atoms with van der Waals surface area (Å²) in [6.45, 7) is 2.26. The fraction of sp³-hybridized carbons (Fsp3) is 0.583. The number of carbonyl (C=O) groups is 1. The number of imidazole rings is 1. The predicted octanol–water partition coefficient (Wildman–Crippen LogP) is 6.80. The molecule has 0 aliphatic carbocycles. The van der Waals surface area contributed by atoms with Crippen LogP contribution >= 0.6 is 11.8 Å². The van der Waals surface area contributed by atoms with Crippen LogP contribution in [0, 0.1) is 0 Å². The molecule has 4 nitrogen and oxygen atoms in total. The van der Waals surface area contributed by atoms with E-state index in [1.165, 1.54) is 69.5 Å². The number of thioether (sulfide) groups is 1. The second-order valence-corrected chi connectivity index (χ2v) is 8.86. The van der Waals surface area contributed by atoms with E-state index in [1.54, 1.807) is 6.20 Å². The fourth-order valence-electron chi connectivity index (χ4n) is 3.64. The molecular weight excluding hydrogens is 380 g/mol. The van der Waals surface area contributed by atoms with E-state index in [9.17, 15) is 9.90 Å². The van der Waals surface area contributed by atoms with Gasteiger partial charge in [-0.15, -0.1) is 0 Å². The molecule has 1 aromatic carbocycles. The third-order valence-electron chi connectivity index (χ3n) is 5.36. The van der Waals surface area contributed by atoms with E-state index in [0.29, 0.717) is 0 Å². The van der Waals surface area contributed by atoms with Crippen molar-refractivity contribution in [1.29, 1.82) is 0 Å². The topological polar surface area (TPSA) is 55.1 Å². The maximum atomic E-state index is 12.0. The lowest BCUT2D eigenvalue weighted by molar-refractivity contribution is -0.136. The van der Waals surface area contributed by atoms with Gasteiger partial charge >= 0.3 is 5.97 Å². The van der Waals surface area contributed by atoms with Gasteiger partial charge in [0.15, 0.2) is 5.16 Å². The first-order chi connectivity index (χ1) is 14.1. The van der Waals surface area contributed by atoms with Gasteiger partial charge in [-0.1, -0.05) is 101 Å². The fourth-order valence-corrected chi connectivity index (χ4v) is 4.66. The summed E-state index contributed by atoms with van der Waals surface area (Å²) in [5.41, 5.74) is 2.06. The Balaban J connectivity index is 1.81. The normalized spacial score (nSPS) is 12.2. The van der Waals surface area contributed by atoms with Crippen LogP contribution < -0.4 is 0 Å². The van der Waals surface area contributed by atoms with Gasteiger partial charge < -0.3 is 9.67 Å². The summed E-state index contributed by atoms with van der Waals surface area (Å²) in [7, 11) is 1.89. The maximum absolute atomic E-state index is 12.0. The molecule has 2 rings (SSSR count). The van der Waals surface area contributed by atoms with Gasteiger partial charge in [-0.25, -0.2) is 4.98 Å². The smallest absolute Gasteiger partial charge is 0.321 e. The zero-order chi connectivity index (χ0) is 20.9. The van der Waals surface area contributed by atoms with E-state index in [0.717, 1.165) is 29.1 Å². The highest BCUT2D eigenvalue weighted by Crippen LogP contribution is 2.36. The van der Waals surface area contributed by atoms with Gasteiger partial charge in [0.05, 0.1) is 0 Å². The Morgan fingerprint density at radius 3 is 2.24 bits per heavy atom. The van der Waals surface area contributed by atoms with Crippen LogP contribution in [-0.4, -0.2) is 20.6 Å². The van der Waals surface area contributed by atoms with E-state index >= 15 is 0 Å². The van der Waals surface area contributed by atoms with Crippen LogP contribution in [0.5, 0.6) is 0 Å². The van der Waals surface area contributed by atoms with Crippen LogP contribution in [0.1, 0.15) is 87.5 Å². The number of unbranched alkanes of at least 4 members (excludes halogenated alkanes) is 9. The van der Waals surface area contributed by atoms with Crippen molar-refractivity contribution >= 4 is 17.7 Å². The quantitative estimate of drug-likeness (QED) is 0.256. The molecule has 0 fully saturated rings. The molecule has 160 valence electrons. The largest absolute Gasteiger partial charge is 0.480 e. The average molecular weight is 417 g/mol. The first kappa shape index (κ1) is 23.5. The molecule has 0 aliphatic heterocycles. The van der Waals surface area contributed by atoms with Crippen molar-refractivity contribution in [2.75, 3.05) is 0 Å². The molecule has 0 amide bonds. The Kier molecular flexibility index (Phi) is 10.9. The third-order valence-corrected chi connectivity index (χ3v) is 6.66. The van der Waals surface area contributed by atoms with E-state index in [1.807, 2.05) is 36.0 Å². The molecule has 1 atom stereocenters. The lowest BCUT2D eigenvalue weighted by atomic mass is 9.98. The van der Waals surface area contributed by atoms with Crippen LogP contribution in [0.4, 0.5) is 0 Å². The first-order valence-corrected chi connectivity index (χ1v) is 12.0. The van der Waals surface area contributed by atoms with Crippen molar-refractivity contribution in [2.45, 2.75) is 88.0 Å². The van der Waals surface area contributed by atoms with Gasteiger partial charge in [0, 0.05) is 19.4 Å². The minimum absolute atomic E-state index is 0.629. The molecule has 1 heterocycles. The third kappa shape index (κ3) is 8.25. The maximum Gasteiger partial charge on any atom is 0.321 e. The van der Waals surface area contributed by atoms with E-state index < -0.39 is 11.2 Å². The first-order valence-electron chi connectivity index (χ1n) is 11.1. The molecule has 0 aliphatic rings. The average Bonchev–Trinajstić information content (AvgIpc) is 3.12. The molecule has 29 heavy (non-hydrogen) atoms. The van der Waals surface area contributed by atoms with Crippen molar-refractivity contribution in [3.8, 4) is 0 Å². The molecular formula is C24H36N2O2S. The summed E-state index contributed by atoms with van der Waals surface area (Å²) in [6, 6.07) is 7.99. The number of benzene rings is 1. The van der Waals surface area contributed by atoms with Crippen LogP contribution in [0.3, 0.4) is 0 Å². The Labute approximate surface area is 180 Å². The number of aromatic nitrogens is 2. The number of carboxylic acids is 1. The molecule has 0 saturated heterocycles. The Bertz CT molecular complexity index is 729. The number of aryl methyl sites for hydroxylation is 2.